The highest BCUT2D eigenvalue weighted by Gasteiger charge is 2.01. The normalized spacial score (nSPS) is 10.1. The number of urea groups is 1. The highest BCUT2D eigenvalue weighted by Crippen LogP contribution is 2.20. The molecule has 0 saturated heterocycles. The molecule has 0 aliphatic rings. The molecule has 5 nitrogen and oxygen atoms in total. The third-order valence-corrected chi connectivity index (χ3v) is 3.21. The number of carbonyl (C=O) groups is 1. The summed E-state index contributed by atoms with van der Waals surface area (Å²) in [5, 5.41) is 6.59. The van der Waals surface area contributed by atoms with Gasteiger partial charge in [-0.1, -0.05) is 17.7 Å². The average Bonchev–Trinajstić information content (AvgIpc) is 2.72. The minimum Gasteiger partial charge on any atom is -0.378 e. The van der Waals surface area contributed by atoms with Crippen LogP contribution in [-0.2, 0) is 6.54 Å². The standard InChI is InChI=1S/C11H11ClN4OS/c12-9-5-15-10(18-9)6-14-7-2-1-3-8(4-7)16-11(13)17/h1-5,14H,6H2,(H3,13,16,17). The second kappa shape index (κ2) is 5.70. The molecule has 2 aromatic rings. The summed E-state index contributed by atoms with van der Waals surface area (Å²) in [4.78, 5) is 14.9. The average molecular weight is 283 g/mol. The molecule has 0 fully saturated rings. The first-order chi connectivity index (χ1) is 8.63. The predicted molar refractivity (Wildman–Crippen MR) is 74.1 cm³/mol. The van der Waals surface area contributed by atoms with Gasteiger partial charge < -0.3 is 16.4 Å². The van der Waals surface area contributed by atoms with E-state index in [1.807, 2.05) is 12.1 Å². The zero-order chi connectivity index (χ0) is 13.0. The van der Waals surface area contributed by atoms with Gasteiger partial charge in [0.2, 0.25) is 0 Å². The Morgan fingerprint density at radius 2 is 2.22 bits per heavy atom. The zero-order valence-corrected chi connectivity index (χ0v) is 10.9. The van der Waals surface area contributed by atoms with E-state index in [1.165, 1.54) is 11.3 Å². The molecular weight excluding hydrogens is 272 g/mol. The summed E-state index contributed by atoms with van der Waals surface area (Å²) in [7, 11) is 0. The molecule has 1 aromatic carbocycles. The molecule has 18 heavy (non-hydrogen) atoms. The third-order valence-electron chi connectivity index (χ3n) is 2.10. The topological polar surface area (TPSA) is 80.0 Å². The molecular formula is C11H11ClN4OS. The Hall–Kier alpha value is -1.79. The predicted octanol–water partition coefficient (Wildman–Crippen LogP) is 2.90. The first-order valence-corrected chi connectivity index (χ1v) is 6.33. The maximum absolute atomic E-state index is 10.7. The van der Waals surface area contributed by atoms with Gasteiger partial charge in [0.25, 0.3) is 0 Å². The van der Waals surface area contributed by atoms with E-state index in [-0.39, 0.29) is 0 Å². The molecule has 7 heteroatoms. The molecule has 0 aliphatic carbocycles. The number of primary amides is 1. The van der Waals surface area contributed by atoms with Crippen molar-refractivity contribution in [3.8, 4) is 0 Å². The van der Waals surface area contributed by atoms with Crippen molar-refractivity contribution in [2.75, 3.05) is 10.6 Å². The number of halogens is 1. The Morgan fingerprint density at radius 3 is 2.89 bits per heavy atom. The van der Waals surface area contributed by atoms with Crippen LogP contribution in [0.1, 0.15) is 5.01 Å². The smallest absolute Gasteiger partial charge is 0.316 e. The summed E-state index contributed by atoms with van der Waals surface area (Å²) in [6.07, 6.45) is 1.62. The number of hydrogen-bond donors (Lipinski definition) is 3. The van der Waals surface area contributed by atoms with E-state index < -0.39 is 6.03 Å². The van der Waals surface area contributed by atoms with Gasteiger partial charge in [-0.2, -0.15) is 0 Å². The molecule has 4 N–H and O–H groups in total. The number of carbonyl (C=O) groups excluding carboxylic acids is 1. The maximum atomic E-state index is 10.7. The minimum atomic E-state index is -0.584. The number of nitrogens with two attached hydrogens (primary N) is 1. The lowest BCUT2D eigenvalue weighted by Gasteiger charge is -2.07. The van der Waals surface area contributed by atoms with Crippen molar-refractivity contribution in [2.45, 2.75) is 6.54 Å². The number of hydrogen-bond acceptors (Lipinski definition) is 4. The van der Waals surface area contributed by atoms with Crippen LogP contribution in [0.25, 0.3) is 0 Å². The van der Waals surface area contributed by atoms with Crippen molar-refractivity contribution in [1.29, 1.82) is 0 Å². The van der Waals surface area contributed by atoms with Crippen LogP contribution >= 0.6 is 22.9 Å². The highest BCUT2D eigenvalue weighted by molar-refractivity contribution is 7.15. The van der Waals surface area contributed by atoms with Crippen LogP contribution in [0.5, 0.6) is 0 Å². The van der Waals surface area contributed by atoms with Gasteiger partial charge in [-0.25, -0.2) is 9.78 Å². The lowest BCUT2D eigenvalue weighted by molar-refractivity contribution is 0.259. The lowest BCUT2D eigenvalue weighted by atomic mass is 10.3. The Morgan fingerprint density at radius 1 is 1.44 bits per heavy atom. The van der Waals surface area contributed by atoms with Crippen LogP contribution in [0.3, 0.4) is 0 Å². The summed E-state index contributed by atoms with van der Waals surface area (Å²) < 4.78 is 0.663. The first-order valence-electron chi connectivity index (χ1n) is 5.14. The second-order valence-electron chi connectivity index (χ2n) is 3.48. The number of thiazole rings is 1. The molecule has 2 rings (SSSR count). The van der Waals surface area contributed by atoms with Gasteiger partial charge in [0.15, 0.2) is 0 Å². The molecule has 0 bridgehead atoms. The van der Waals surface area contributed by atoms with E-state index in [9.17, 15) is 4.79 Å². The monoisotopic (exact) mass is 282 g/mol. The number of anilines is 2. The largest absolute Gasteiger partial charge is 0.378 e. The van der Waals surface area contributed by atoms with E-state index >= 15 is 0 Å². The van der Waals surface area contributed by atoms with Crippen LogP contribution in [0.2, 0.25) is 4.34 Å². The molecule has 2 amide bonds. The molecule has 94 valence electrons. The van der Waals surface area contributed by atoms with Gasteiger partial charge in [0.1, 0.15) is 9.34 Å². The molecule has 1 heterocycles. The van der Waals surface area contributed by atoms with Crippen molar-refractivity contribution >= 4 is 40.3 Å². The fraction of sp³-hybridized carbons (Fsp3) is 0.0909. The van der Waals surface area contributed by atoms with E-state index in [1.54, 1.807) is 18.3 Å². The SMILES string of the molecule is NC(=O)Nc1cccc(NCc2ncc(Cl)s2)c1. The van der Waals surface area contributed by atoms with Gasteiger partial charge in [-0.15, -0.1) is 11.3 Å². The summed E-state index contributed by atoms with van der Waals surface area (Å²) in [6.45, 7) is 0.581. The van der Waals surface area contributed by atoms with Crippen molar-refractivity contribution < 1.29 is 4.79 Å². The molecule has 0 saturated carbocycles. The van der Waals surface area contributed by atoms with Gasteiger partial charge >= 0.3 is 6.03 Å². The maximum Gasteiger partial charge on any atom is 0.316 e. The number of aromatic nitrogens is 1. The van der Waals surface area contributed by atoms with Crippen LogP contribution in [0, 0.1) is 0 Å². The summed E-state index contributed by atoms with van der Waals surface area (Å²) >= 11 is 7.22. The fourth-order valence-corrected chi connectivity index (χ4v) is 2.29. The van der Waals surface area contributed by atoms with Gasteiger partial charge in [0, 0.05) is 11.4 Å². The van der Waals surface area contributed by atoms with E-state index in [0.29, 0.717) is 16.6 Å². The number of benzene rings is 1. The quantitative estimate of drug-likeness (QED) is 0.806. The van der Waals surface area contributed by atoms with Crippen molar-refractivity contribution in [3.63, 3.8) is 0 Å². The number of nitrogens with one attached hydrogen (secondary N) is 2. The van der Waals surface area contributed by atoms with Crippen LogP contribution in [-0.4, -0.2) is 11.0 Å². The molecule has 0 spiro atoms. The third kappa shape index (κ3) is 3.61. The summed E-state index contributed by atoms with van der Waals surface area (Å²) in [5.41, 5.74) is 6.56. The Labute approximate surface area is 113 Å². The van der Waals surface area contributed by atoms with Gasteiger partial charge in [0.05, 0.1) is 12.7 Å². The Bertz CT molecular complexity index is 557. The molecule has 0 aliphatic heterocycles. The molecule has 0 atom stereocenters. The van der Waals surface area contributed by atoms with Crippen LogP contribution in [0.4, 0.5) is 16.2 Å². The summed E-state index contributed by atoms with van der Waals surface area (Å²) in [6, 6.07) is 6.68. The van der Waals surface area contributed by atoms with E-state index in [0.717, 1.165) is 10.7 Å². The number of amides is 2. The number of rotatable bonds is 4. The fourth-order valence-electron chi connectivity index (χ4n) is 1.40. The van der Waals surface area contributed by atoms with Gasteiger partial charge in [-0.3, -0.25) is 0 Å². The van der Waals surface area contributed by atoms with Crippen molar-refractivity contribution in [3.05, 3.63) is 39.8 Å². The van der Waals surface area contributed by atoms with E-state index in [2.05, 4.69) is 15.6 Å². The van der Waals surface area contributed by atoms with Gasteiger partial charge in [-0.05, 0) is 18.2 Å². The highest BCUT2D eigenvalue weighted by atomic mass is 35.5. The van der Waals surface area contributed by atoms with Crippen molar-refractivity contribution in [2.24, 2.45) is 5.73 Å². The Balaban J connectivity index is 1.98. The molecule has 1 aromatic heterocycles. The number of nitrogens with zero attached hydrogens (tertiary/aromatic N) is 1. The lowest BCUT2D eigenvalue weighted by Crippen LogP contribution is -2.19. The molecule has 0 unspecified atom stereocenters. The van der Waals surface area contributed by atoms with E-state index in [4.69, 9.17) is 17.3 Å². The first kappa shape index (κ1) is 12.7. The van der Waals surface area contributed by atoms with Crippen LogP contribution < -0.4 is 16.4 Å². The van der Waals surface area contributed by atoms with Crippen LogP contribution in [0.15, 0.2) is 30.5 Å². The zero-order valence-electron chi connectivity index (χ0n) is 9.31. The minimum absolute atomic E-state index is 0.581. The van der Waals surface area contributed by atoms with Crippen molar-refractivity contribution in [1.82, 2.24) is 4.98 Å². The Kier molecular flexibility index (Phi) is 4.01. The summed E-state index contributed by atoms with van der Waals surface area (Å²) in [5.74, 6) is 0. The molecule has 0 radical (unpaired) electrons. The second-order valence-corrected chi connectivity index (χ2v) is 5.23.